The fraction of sp³-hybridized carbons (Fsp3) is 0.188. The van der Waals surface area contributed by atoms with Crippen molar-refractivity contribution in [2.75, 3.05) is 14.2 Å². The predicted molar refractivity (Wildman–Crippen MR) is 92.3 cm³/mol. The molecule has 0 spiro atoms. The molecule has 6 heteroatoms. The number of thiazole rings is 1. The van der Waals surface area contributed by atoms with Crippen molar-refractivity contribution >= 4 is 30.0 Å². The molecule has 1 atom stereocenters. The predicted octanol–water partition coefficient (Wildman–Crippen LogP) is 4.24. The number of hydrogen-bond donors (Lipinski definition) is 0. The van der Waals surface area contributed by atoms with Gasteiger partial charge in [0.1, 0.15) is 5.01 Å². The van der Waals surface area contributed by atoms with Gasteiger partial charge in [-0.15, -0.1) is 11.3 Å². The summed E-state index contributed by atoms with van der Waals surface area (Å²) < 4.78 is 23.2. The molecule has 0 amide bonds. The molecule has 0 N–H and O–H groups in total. The third-order valence-electron chi connectivity index (χ3n) is 3.43. The maximum atomic E-state index is 11.0. The average Bonchev–Trinajstić information content (AvgIpc) is 2.98. The minimum absolute atomic E-state index is 0.500. The van der Waals surface area contributed by atoms with Crippen LogP contribution in [0.1, 0.15) is 5.56 Å². The van der Waals surface area contributed by atoms with E-state index in [1.807, 2.05) is 30.3 Å². The second-order valence-corrected chi connectivity index (χ2v) is 6.47. The van der Waals surface area contributed by atoms with Crippen LogP contribution >= 0.6 is 19.8 Å². The van der Waals surface area contributed by atoms with E-state index in [1.54, 1.807) is 25.6 Å². The quantitative estimate of drug-likeness (QED) is 0.655. The Labute approximate surface area is 133 Å². The van der Waals surface area contributed by atoms with Crippen LogP contribution in [0.25, 0.3) is 20.8 Å². The van der Waals surface area contributed by atoms with E-state index >= 15 is 0 Å². The van der Waals surface area contributed by atoms with Crippen LogP contribution in [0.5, 0.6) is 11.5 Å². The standard InChI is InChI=1S/C16H16NO3PS/c1-19-14-10(9-21-18)7-8-11(15(14)20-2)16-17-12-5-3-4-6-13(12)22-16/h3-8H,9,21H2,1-2H3. The van der Waals surface area contributed by atoms with Crippen LogP contribution in [0.3, 0.4) is 0 Å². The van der Waals surface area contributed by atoms with Gasteiger partial charge in [-0.25, -0.2) is 4.98 Å². The molecule has 2 aromatic carbocycles. The molecule has 3 aromatic rings. The van der Waals surface area contributed by atoms with E-state index in [1.165, 1.54) is 0 Å². The monoisotopic (exact) mass is 333 g/mol. The van der Waals surface area contributed by atoms with Gasteiger partial charge in [-0.3, -0.25) is 0 Å². The first-order valence-electron chi connectivity index (χ1n) is 6.82. The summed E-state index contributed by atoms with van der Waals surface area (Å²) in [5.41, 5.74) is 2.76. The van der Waals surface area contributed by atoms with E-state index < -0.39 is 8.46 Å². The van der Waals surface area contributed by atoms with E-state index in [-0.39, 0.29) is 0 Å². The van der Waals surface area contributed by atoms with Gasteiger partial charge in [0.05, 0.1) is 38.5 Å². The lowest BCUT2D eigenvalue weighted by Gasteiger charge is -2.14. The van der Waals surface area contributed by atoms with E-state index in [0.29, 0.717) is 17.7 Å². The lowest BCUT2D eigenvalue weighted by Crippen LogP contribution is -1.97. The third kappa shape index (κ3) is 2.62. The second-order valence-electron chi connectivity index (χ2n) is 4.70. The molecule has 0 aliphatic carbocycles. The Hall–Kier alpha value is -1.84. The molecule has 1 heterocycles. The van der Waals surface area contributed by atoms with Crippen molar-refractivity contribution < 1.29 is 14.0 Å². The highest BCUT2D eigenvalue weighted by atomic mass is 32.1. The average molecular weight is 333 g/mol. The summed E-state index contributed by atoms with van der Waals surface area (Å²) in [5, 5.41) is 0.886. The zero-order chi connectivity index (χ0) is 15.5. The molecule has 0 aliphatic heterocycles. The fourth-order valence-corrected chi connectivity index (χ4v) is 3.93. The van der Waals surface area contributed by atoms with Gasteiger partial charge in [0.2, 0.25) is 0 Å². The molecule has 1 unspecified atom stereocenters. The summed E-state index contributed by atoms with van der Waals surface area (Å²) in [6.07, 6.45) is 0.500. The molecule has 114 valence electrons. The summed E-state index contributed by atoms with van der Waals surface area (Å²) in [4.78, 5) is 4.67. The van der Waals surface area contributed by atoms with E-state index in [0.717, 1.165) is 26.4 Å². The van der Waals surface area contributed by atoms with Crippen LogP contribution < -0.4 is 9.47 Å². The normalized spacial score (nSPS) is 11.4. The molecule has 1 aromatic heterocycles. The van der Waals surface area contributed by atoms with Crippen molar-refractivity contribution in [1.29, 1.82) is 0 Å². The van der Waals surface area contributed by atoms with Crippen molar-refractivity contribution in [3.63, 3.8) is 0 Å². The van der Waals surface area contributed by atoms with Crippen LogP contribution in [0, 0.1) is 0 Å². The van der Waals surface area contributed by atoms with Crippen molar-refractivity contribution in [3.05, 3.63) is 42.0 Å². The Kier molecular flexibility index (Phi) is 4.46. The van der Waals surface area contributed by atoms with Crippen molar-refractivity contribution in [3.8, 4) is 22.1 Å². The summed E-state index contributed by atoms with van der Waals surface area (Å²) >= 11 is 1.62. The van der Waals surface area contributed by atoms with E-state index in [4.69, 9.17) is 9.47 Å². The molecular formula is C16H16NO3PS. The second kappa shape index (κ2) is 6.51. The van der Waals surface area contributed by atoms with Crippen LogP contribution in [0.15, 0.2) is 36.4 Å². The molecule has 0 aliphatic rings. The summed E-state index contributed by atoms with van der Waals surface area (Å²) in [6, 6.07) is 11.9. The number of aromatic nitrogens is 1. The molecule has 0 radical (unpaired) electrons. The first-order valence-corrected chi connectivity index (χ1v) is 8.92. The number of ether oxygens (including phenoxy) is 2. The van der Waals surface area contributed by atoms with Crippen molar-refractivity contribution in [1.82, 2.24) is 4.98 Å². The first kappa shape index (κ1) is 15.1. The van der Waals surface area contributed by atoms with Gasteiger partial charge in [-0.1, -0.05) is 18.2 Å². The van der Waals surface area contributed by atoms with Crippen molar-refractivity contribution in [2.24, 2.45) is 0 Å². The Morgan fingerprint density at radius 2 is 1.86 bits per heavy atom. The first-order chi connectivity index (χ1) is 10.8. The molecule has 0 bridgehead atoms. The summed E-state index contributed by atoms with van der Waals surface area (Å²) in [5.74, 6) is 1.29. The van der Waals surface area contributed by atoms with Gasteiger partial charge in [-0.05, 0) is 18.2 Å². The lowest BCUT2D eigenvalue weighted by molar-refractivity contribution is 0.354. The Morgan fingerprint density at radius 1 is 1.09 bits per heavy atom. The van der Waals surface area contributed by atoms with Crippen LogP contribution in [-0.2, 0) is 10.7 Å². The van der Waals surface area contributed by atoms with E-state index in [2.05, 4.69) is 11.1 Å². The number of nitrogens with zero attached hydrogens (tertiary/aromatic N) is 1. The van der Waals surface area contributed by atoms with Gasteiger partial charge in [0.15, 0.2) is 11.5 Å². The number of benzene rings is 2. The number of methoxy groups -OCH3 is 2. The summed E-state index contributed by atoms with van der Waals surface area (Å²) in [6.45, 7) is 0. The molecule has 0 fully saturated rings. The highest BCUT2D eigenvalue weighted by Crippen LogP contribution is 2.43. The third-order valence-corrected chi connectivity index (χ3v) is 5.11. The topological polar surface area (TPSA) is 48.4 Å². The minimum Gasteiger partial charge on any atom is -0.493 e. The molecular weight excluding hydrogens is 317 g/mol. The molecule has 4 nitrogen and oxygen atoms in total. The number of para-hydroxylation sites is 1. The van der Waals surface area contributed by atoms with Gasteiger partial charge in [-0.2, -0.15) is 0 Å². The van der Waals surface area contributed by atoms with Gasteiger partial charge < -0.3 is 14.0 Å². The minimum atomic E-state index is -0.871. The Balaban J connectivity index is 2.19. The van der Waals surface area contributed by atoms with Crippen LogP contribution in [0.2, 0.25) is 0 Å². The molecule has 3 rings (SSSR count). The fourth-order valence-electron chi connectivity index (χ4n) is 2.44. The van der Waals surface area contributed by atoms with Crippen molar-refractivity contribution in [2.45, 2.75) is 6.16 Å². The molecule has 0 saturated heterocycles. The van der Waals surface area contributed by atoms with E-state index in [9.17, 15) is 4.57 Å². The summed E-state index contributed by atoms with van der Waals surface area (Å²) in [7, 11) is 2.34. The van der Waals surface area contributed by atoms with Crippen LogP contribution in [-0.4, -0.2) is 19.2 Å². The lowest BCUT2D eigenvalue weighted by atomic mass is 10.1. The Morgan fingerprint density at radius 3 is 2.55 bits per heavy atom. The largest absolute Gasteiger partial charge is 0.493 e. The number of hydrogen-bond acceptors (Lipinski definition) is 5. The van der Waals surface area contributed by atoms with Gasteiger partial charge in [0.25, 0.3) is 0 Å². The molecule has 22 heavy (non-hydrogen) atoms. The highest BCUT2D eigenvalue weighted by Gasteiger charge is 2.18. The zero-order valence-electron chi connectivity index (χ0n) is 12.3. The van der Waals surface area contributed by atoms with Crippen LogP contribution in [0.4, 0.5) is 0 Å². The van der Waals surface area contributed by atoms with Gasteiger partial charge in [0, 0.05) is 11.7 Å². The number of rotatable bonds is 5. The zero-order valence-corrected chi connectivity index (χ0v) is 14.3. The maximum absolute atomic E-state index is 11.0. The maximum Gasteiger partial charge on any atom is 0.171 e. The van der Waals surface area contributed by atoms with Gasteiger partial charge >= 0.3 is 0 Å². The number of fused-ring (bicyclic) bond motifs is 1. The highest BCUT2D eigenvalue weighted by molar-refractivity contribution is 7.22. The SMILES string of the molecule is COc1c(C[PH2]=O)ccc(-c2nc3ccccc3s2)c1OC. The Bertz CT molecular complexity index is 798. The molecule has 0 saturated carbocycles. The smallest absolute Gasteiger partial charge is 0.171 e.